The van der Waals surface area contributed by atoms with E-state index >= 15 is 0 Å². The summed E-state index contributed by atoms with van der Waals surface area (Å²) >= 11 is 0. The van der Waals surface area contributed by atoms with Gasteiger partial charge in [-0.05, 0) is 12.8 Å². The summed E-state index contributed by atoms with van der Waals surface area (Å²) in [5.41, 5.74) is -1.61. The molecule has 1 aliphatic heterocycles. The lowest BCUT2D eigenvalue weighted by Gasteiger charge is -2.27. The number of rotatable bonds is 3. The fourth-order valence-electron chi connectivity index (χ4n) is 1.75. The van der Waals surface area contributed by atoms with Crippen LogP contribution in [0.1, 0.15) is 12.8 Å². The maximum absolute atomic E-state index is 12.5. The van der Waals surface area contributed by atoms with E-state index in [0.29, 0.717) is 26.3 Å². The van der Waals surface area contributed by atoms with Crippen LogP contribution < -0.4 is 10.6 Å². The molecule has 1 saturated heterocycles. The van der Waals surface area contributed by atoms with Crippen molar-refractivity contribution in [1.29, 1.82) is 0 Å². The molecule has 1 unspecified atom stereocenters. The van der Waals surface area contributed by atoms with Crippen molar-refractivity contribution in [3.05, 3.63) is 0 Å². The molecule has 0 aromatic heterocycles. The zero-order chi connectivity index (χ0) is 10.9. The number of nitrogens with one attached hydrogen (secondary N) is 2. The van der Waals surface area contributed by atoms with Gasteiger partial charge in [-0.2, -0.15) is 13.2 Å². The summed E-state index contributed by atoms with van der Waals surface area (Å²) in [5, 5.41) is 5.73. The second-order valence-corrected chi connectivity index (χ2v) is 4.19. The predicted octanol–water partition coefficient (Wildman–Crippen LogP) is 0.659. The molecule has 0 radical (unpaired) electrons. The van der Waals surface area contributed by atoms with Gasteiger partial charge in [-0.25, -0.2) is 0 Å². The van der Waals surface area contributed by atoms with Crippen molar-refractivity contribution in [3.63, 3.8) is 0 Å². The van der Waals surface area contributed by atoms with Gasteiger partial charge in [-0.3, -0.25) is 0 Å². The van der Waals surface area contributed by atoms with Crippen LogP contribution in [-0.2, 0) is 4.74 Å². The van der Waals surface area contributed by atoms with Gasteiger partial charge in [0.05, 0.1) is 13.2 Å². The Labute approximate surface area is 86.4 Å². The average molecular weight is 224 g/mol. The van der Waals surface area contributed by atoms with Gasteiger partial charge in [0.15, 0.2) is 0 Å². The van der Waals surface area contributed by atoms with Crippen molar-refractivity contribution in [3.8, 4) is 0 Å². The third-order valence-corrected chi connectivity index (χ3v) is 2.98. The summed E-state index contributed by atoms with van der Waals surface area (Å²) in [6, 6.07) is -0.00132. The van der Waals surface area contributed by atoms with E-state index in [-0.39, 0.29) is 18.9 Å². The van der Waals surface area contributed by atoms with Crippen LogP contribution >= 0.6 is 0 Å². The molecule has 0 amide bonds. The first-order valence-electron chi connectivity index (χ1n) is 5.16. The van der Waals surface area contributed by atoms with Crippen LogP contribution in [0.2, 0.25) is 0 Å². The molecule has 2 fully saturated rings. The Morgan fingerprint density at radius 2 is 2.13 bits per heavy atom. The maximum atomic E-state index is 12.5. The highest BCUT2D eigenvalue weighted by Gasteiger charge is 2.63. The molecule has 0 spiro atoms. The number of morpholine rings is 1. The molecular weight excluding hydrogens is 209 g/mol. The Kier molecular flexibility index (Phi) is 2.92. The Hall–Kier alpha value is -0.330. The Balaban J connectivity index is 1.77. The van der Waals surface area contributed by atoms with Gasteiger partial charge in [-0.15, -0.1) is 0 Å². The Morgan fingerprint density at radius 1 is 1.40 bits per heavy atom. The van der Waals surface area contributed by atoms with Crippen LogP contribution in [0.15, 0.2) is 0 Å². The SMILES string of the molecule is FC(F)(F)C1(NCC2COCCN2)CC1. The summed E-state index contributed by atoms with van der Waals surface area (Å²) < 4.78 is 42.8. The predicted molar refractivity (Wildman–Crippen MR) is 48.6 cm³/mol. The Bertz CT molecular complexity index is 222. The van der Waals surface area contributed by atoms with Crippen LogP contribution in [0.3, 0.4) is 0 Å². The molecule has 2 rings (SSSR count). The number of hydrogen-bond donors (Lipinski definition) is 2. The molecular formula is C9H15F3N2O. The van der Waals surface area contributed by atoms with E-state index < -0.39 is 11.7 Å². The first kappa shape index (κ1) is 11.2. The monoisotopic (exact) mass is 224 g/mol. The van der Waals surface area contributed by atoms with Crippen LogP contribution in [0.4, 0.5) is 13.2 Å². The smallest absolute Gasteiger partial charge is 0.378 e. The normalized spacial score (nSPS) is 30.2. The van der Waals surface area contributed by atoms with Gasteiger partial charge in [-0.1, -0.05) is 0 Å². The number of ether oxygens (including phenoxy) is 1. The highest BCUT2D eigenvalue weighted by Crippen LogP contribution is 2.48. The van der Waals surface area contributed by atoms with Crippen molar-refractivity contribution in [2.75, 3.05) is 26.3 Å². The van der Waals surface area contributed by atoms with Crippen molar-refractivity contribution in [2.24, 2.45) is 0 Å². The molecule has 2 N–H and O–H groups in total. The first-order valence-corrected chi connectivity index (χ1v) is 5.16. The molecule has 1 aliphatic carbocycles. The van der Waals surface area contributed by atoms with E-state index in [0.717, 1.165) is 0 Å². The minimum absolute atomic E-state index is 0.00132. The number of alkyl halides is 3. The number of hydrogen-bond acceptors (Lipinski definition) is 3. The largest absolute Gasteiger partial charge is 0.406 e. The lowest BCUT2D eigenvalue weighted by molar-refractivity contribution is -0.166. The summed E-state index contributed by atoms with van der Waals surface area (Å²) in [6.07, 6.45) is -3.73. The van der Waals surface area contributed by atoms with Crippen LogP contribution in [0, 0.1) is 0 Å². The molecule has 3 nitrogen and oxygen atoms in total. The van der Waals surface area contributed by atoms with Gasteiger partial charge in [0.2, 0.25) is 0 Å². The second kappa shape index (κ2) is 3.92. The third kappa shape index (κ3) is 2.43. The lowest BCUT2D eigenvalue weighted by atomic mass is 10.2. The van der Waals surface area contributed by atoms with E-state index in [1.165, 1.54) is 0 Å². The van der Waals surface area contributed by atoms with Crippen LogP contribution in [0.5, 0.6) is 0 Å². The molecule has 6 heteroatoms. The molecule has 88 valence electrons. The zero-order valence-corrected chi connectivity index (χ0v) is 8.36. The van der Waals surface area contributed by atoms with Crippen LogP contribution in [0.25, 0.3) is 0 Å². The fourth-order valence-corrected chi connectivity index (χ4v) is 1.75. The maximum Gasteiger partial charge on any atom is 0.406 e. The Morgan fingerprint density at radius 3 is 2.60 bits per heavy atom. The first-order chi connectivity index (χ1) is 7.04. The van der Waals surface area contributed by atoms with E-state index in [9.17, 15) is 13.2 Å². The summed E-state index contributed by atoms with van der Waals surface area (Å²) in [6.45, 7) is 2.16. The third-order valence-electron chi connectivity index (χ3n) is 2.98. The van der Waals surface area contributed by atoms with Gasteiger partial charge in [0.1, 0.15) is 5.54 Å². The molecule has 0 aromatic rings. The van der Waals surface area contributed by atoms with E-state index in [4.69, 9.17) is 4.74 Å². The lowest BCUT2D eigenvalue weighted by Crippen LogP contribution is -2.53. The van der Waals surface area contributed by atoms with Gasteiger partial charge < -0.3 is 15.4 Å². The highest BCUT2D eigenvalue weighted by atomic mass is 19.4. The fraction of sp³-hybridized carbons (Fsp3) is 1.00. The van der Waals surface area contributed by atoms with Gasteiger partial charge in [0, 0.05) is 19.1 Å². The number of halogens is 3. The van der Waals surface area contributed by atoms with E-state index in [2.05, 4.69) is 10.6 Å². The molecule has 1 saturated carbocycles. The molecule has 1 atom stereocenters. The molecule has 0 bridgehead atoms. The topological polar surface area (TPSA) is 33.3 Å². The van der Waals surface area contributed by atoms with Crippen molar-refractivity contribution >= 4 is 0 Å². The average Bonchev–Trinajstić information content (AvgIpc) is 2.96. The highest BCUT2D eigenvalue weighted by molar-refractivity contribution is 5.08. The molecule has 0 aromatic carbocycles. The van der Waals surface area contributed by atoms with Crippen LogP contribution in [-0.4, -0.2) is 44.1 Å². The molecule has 2 aliphatic rings. The van der Waals surface area contributed by atoms with Crippen molar-refractivity contribution < 1.29 is 17.9 Å². The van der Waals surface area contributed by atoms with Gasteiger partial charge in [0.25, 0.3) is 0 Å². The summed E-state index contributed by atoms with van der Waals surface area (Å²) in [5.74, 6) is 0. The molecule has 1 heterocycles. The van der Waals surface area contributed by atoms with Crippen molar-refractivity contribution in [2.45, 2.75) is 30.6 Å². The standard InChI is InChI=1S/C9H15F3N2O/c10-9(11,12)8(1-2-8)14-5-7-6-15-4-3-13-7/h7,13-14H,1-6H2. The minimum Gasteiger partial charge on any atom is -0.378 e. The molecule has 15 heavy (non-hydrogen) atoms. The van der Waals surface area contributed by atoms with E-state index in [1.54, 1.807) is 0 Å². The summed E-state index contributed by atoms with van der Waals surface area (Å²) in [4.78, 5) is 0. The minimum atomic E-state index is -4.12. The summed E-state index contributed by atoms with van der Waals surface area (Å²) in [7, 11) is 0. The quantitative estimate of drug-likeness (QED) is 0.739. The second-order valence-electron chi connectivity index (χ2n) is 4.19. The zero-order valence-electron chi connectivity index (χ0n) is 8.36. The van der Waals surface area contributed by atoms with Gasteiger partial charge >= 0.3 is 6.18 Å². The van der Waals surface area contributed by atoms with E-state index in [1.807, 2.05) is 0 Å². The van der Waals surface area contributed by atoms with Crippen molar-refractivity contribution in [1.82, 2.24) is 10.6 Å².